The molecule has 1 saturated carbocycles. The second-order valence-corrected chi connectivity index (χ2v) is 6.36. The summed E-state index contributed by atoms with van der Waals surface area (Å²) in [7, 11) is 1.74. The van der Waals surface area contributed by atoms with Crippen molar-refractivity contribution >= 4 is 5.91 Å². The normalized spacial score (nSPS) is 14.8. The second-order valence-electron chi connectivity index (χ2n) is 6.36. The first-order chi connectivity index (χ1) is 11.8. The maximum Gasteiger partial charge on any atom is 0.435 e. The van der Waals surface area contributed by atoms with E-state index >= 15 is 0 Å². The fourth-order valence-corrected chi connectivity index (χ4v) is 2.81. The van der Waals surface area contributed by atoms with Gasteiger partial charge in [-0.25, -0.2) is 0 Å². The molecule has 25 heavy (non-hydrogen) atoms. The third-order valence-corrected chi connectivity index (χ3v) is 4.19. The van der Waals surface area contributed by atoms with Crippen LogP contribution < -0.4 is 5.32 Å². The van der Waals surface area contributed by atoms with Crippen LogP contribution in [-0.2, 0) is 19.8 Å². The van der Waals surface area contributed by atoms with E-state index in [2.05, 4.69) is 15.5 Å². The molecule has 136 valence electrons. The van der Waals surface area contributed by atoms with Crippen LogP contribution in [0.15, 0.2) is 12.3 Å². The van der Waals surface area contributed by atoms with Crippen LogP contribution in [-0.4, -0.2) is 32.0 Å². The lowest BCUT2D eigenvalue weighted by molar-refractivity contribution is -0.141. The van der Waals surface area contributed by atoms with E-state index in [1.54, 1.807) is 24.9 Å². The largest absolute Gasteiger partial charge is 0.435 e. The van der Waals surface area contributed by atoms with Crippen molar-refractivity contribution in [2.45, 2.75) is 44.8 Å². The van der Waals surface area contributed by atoms with Gasteiger partial charge in [0.2, 0.25) is 0 Å². The third kappa shape index (κ3) is 4.02. The van der Waals surface area contributed by atoms with Crippen molar-refractivity contribution in [2.75, 3.05) is 6.54 Å². The Bertz CT molecular complexity index is 773. The fourth-order valence-electron chi connectivity index (χ4n) is 2.81. The van der Waals surface area contributed by atoms with Crippen LogP contribution in [0, 0.1) is 6.92 Å². The van der Waals surface area contributed by atoms with Crippen LogP contribution in [0.25, 0.3) is 0 Å². The summed E-state index contributed by atoms with van der Waals surface area (Å²) in [6.45, 7) is 2.45. The molecule has 1 fully saturated rings. The van der Waals surface area contributed by atoms with E-state index in [1.807, 2.05) is 0 Å². The molecule has 9 heteroatoms. The molecule has 0 spiro atoms. The molecule has 1 aliphatic rings. The summed E-state index contributed by atoms with van der Waals surface area (Å²) in [6, 6.07) is 1.15. The molecule has 0 atom stereocenters. The first kappa shape index (κ1) is 17.5. The van der Waals surface area contributed by atoms with Crippen LogP contribution in [0.3, 0.4) is 0 Å². The maximum absolute atomic E-state index is 12.8. The van der Waals surface area contributed by atoms with Gasteiger partial charge in [-0.15, -0.1) is 0 Å². The monoisotopic (exact) mass is 355 g/mol. The number of rotatable bonds is 6. The minimum absolute atomic E-state index is 0.177. The van der Waals surface area contributed by atoms with Gasteiger partial charge in [0, 0.05) is 37.9 Å². The molecular weight excluding hydrogens is 335 g/mol. The topological polar surface area (TPSA) is 64.7 Å². The van der Waals surface area contributed by atoms with Crippen LogP contribution in [0.4, 0.5) is 13.2 Å². The Kier molecular flexibility index (Phi) is 4.57. The Labute approximate surface area is 143 Å². The first-order valence-corrected chi connectivity index (χ1v) is 8.19. The number of alkyl halides is 3. The van der Waals surface area contributed by atoms with Gasteiger partial charge in [-0.05, 0) is 32.3 Å². The lowest BCUT2D eigenvalue weighted by Gasteiger charge is -2.08. The molecule has 1 amide bonds. The predicted molar refractivity (Wildman–Crippen MR) is 84.1 cm³/mol. The van der Waals surface area contributed by atoms with E-state index in [0.29, 0.717) is 36.5 Å². The average Bonchev–Trinajstić information content (AvgIpc) is 3.17. The molecule has 2 aromatic rings. The zero-order valence-corrected chi connectivity index (χ0v) is 14.1. The van der Waals surface area contributed by atoms with Gasteiger partial charge in [0.1, 0.15) is 0 Å². The molecule has 0 aliphatic heterocycles. The smallest absolute Gasteiger partial charge is 0.352 e. The molecule has 0 radical (unpaired) electrons. The van der Waals surface area contributed by atoms with Gasteiger partial charge in [-0.2, -0.15) is 23.4 Å². The highest BCUT2D eigenvalue weighted by Gasteiger charge is 2.37. The Morgan fingerprint density at radius 2 is 2.08 bits per heavy atom. The van der Waals surface area contributed by atoms with Crippen LogP contribution in [0.1, 0.15) is 52.6 Å². The van der Waals surface area contributed by atoms with E-state index in [1.165, 1.54) is 4.68 Å². The van der Waals surface area contributed by atoms with E-state index in [4.69, 9.17) is 0 Å². The molecule has 0 unspecified atom stereocenters. The molecular formula is C16H20F3N5O. The van der Waals surface area contributed by atoms with Gasteiger partial charge in [-0.3, -0.25) is 14.2 Å². The van der Waals surface area contributed by atoms with Gasteiger partial charge in [0.25, 0.3) is 5.91 Å². The van der Waals surface area contributed by atoms with Crippen molar-refractivity contribution in [1.82, 2.24) is 24.9 Å². The van der Waals surface area contributed by atoms with Crippen molar-refractivity contribution in [2.24, 2.45) is 7.05 Å². The summed E-state index contributed by atoms with van der Waals surface area (Å²) in [5, 5.41) is 10.6. The number of nitrogens with one attached hydrogen (secondary N) is 1. The van der Waals surface area contributed by atoms with Gasteiger partial charge in [-0.1, -0.05) is 0 Å². The highest BCUT2D eigenvalue weighted by atomic mass is 19.4. The number of carbonyl (C=O) groups is 1. The number of amides is 1. The Balaban J connectivity index is 1.56. The number of nitrogens with zero attached hydrogens (tertiary/aromatic N) is 4. The van der Waals surface area contributed by atoms with Gasteiger partial charge >= 0.3 is 6.18 Å². The summed E-state index contributed by atoms with van der Waals surface area (Å²) in [5.74, 6) is -0.0549. The number of aromatic nitrogens is 4. The molecule has 1 N–H and O–H groups in total. The number of hydrogen-bond donors (Lipinski definition) is 1. The van der Waals surface area contributed by atoms with E-state index in [-0.39, 0.29) is 11.8 Å². The van der Waals surface area contributed by atoms with Crippen molar-refractivity contribution < 1.29 is 18.0 Å². The number of halogens is 3. The van der Waals surface area contributed by atoms with Gasteiger partial charge in [0.15, 0.2) is 5.69 Å². The van der Waals surface area contributed by atoms with Crippen molar-refractivity contribution in [3.63, 3.8) is 0 Å². The predicted octanol–water partition coefficient (Wildman–Crippen LogP) is 2.64. The van der Waals surface area contributed by atoms with Gasteiger partial charge in [0.05, 0.1) is 11.3 Å². The summed E-state index contributed by atoms with van der Waals surface area (Å²) < 4.78 is 41.5. The molecule has 0 bridgehead atoms. The zero-order chi connectivity index (χ0) is 18.2. The number of aryl methyl sites for hydroxylation is 3. The Morgan fingerprint density at radius 1 is 1.36 bits per heavy atom. The van der Waals surface area contributed by atoms with Crippen LogP contribution in [0.2, 0.25) is 0 Å². The van der Waals surface area contributed by atoms with Crippen molar-refractivity contribution in [3.05, 3.63) is 34.9 Å². The van der Waals surface area contributed by atoms with Crippen LogP contribution in [0.5, 0.6) is 0 Å². The quantitative estimate of drug-likeness (QED) is 0.810. The minimum atomic E-state index is -4.43. The minimum Gasteiger partial charge on any atom is -0.352 e. The second kappa shape index (κ2) is 6.53. The SMILES string of the molecule is Cc1nn(C)cc1C(=O)NCCCn1nc(C(F)(F)F)cc1C1CC1. The van der Waals surface area contributed by atoms with E-state index in [9.17, 15) is 18.0 Å². The Morgan fingerprint density at radius 3 is 2.64 bits per heavy atom. The summed E-state index contributed by atoms with van der Waals surface area (Å²) in [4.78, 5) is 12.1. The van der Waals surface area contributed by atoms with Crippen molar-refractivity contribution in [3.8, 4) is 0 Å². The summed E-state index contributed by atoms with van der Waals surface area (Å²) in [6.07, 6.45) is -0.482. The van der Waals surface area contributed by atoms with E-state index in [0.717, 1.165) is 18.9 Å². The lowest BCUT2D eigenvalue weighted by atomic mass is 10.2. The molecule has 3 rings (SSSR count). The lowest BCUT2D eigenvalue weighted by Crippen LogP contribution is -2.25. The zero-order valence-electron chi connectivity index (χ0n) is 14.1. The Hall–Kier alpha value is -2.32. The molecule has 2 aromatic heterocycles. The number of hydrogen-bond acceptors (Lipinski definition) is 3. The highest BCUT2D eigenvalue weighted by Crippen LogP contribution is 2.42. The maximum atomic E-state index is 12.8. The number of carbonyl (C=O) groups excluding carboxylic acids is 1. The standard InChI is InChI=1S/C16H20F3N5O/c1-10-12(9-23(2)21-10)15(25)20-6-3-7-24-13(11-4-5-11)8-14(22-24)16(17,18)19/h8-9,11H,3-7H2,1-2H3,(H,20,25). The summed E-state index contributed by atoms with van der Waals surface area (Å²) >= 11 is 0. The molecule has 6 nitrogen and oxygen atoms in total. The highest BCUT2D eigenvalue weighted by molar-refractivity contribution is 5.94. The van der Waals surface area contributed by atoms with Gasteiger partial charge < -0.3 is 5.32 Å². The third-order valence-electron chi connectivity index (χ3n) is 4.19. The van der Waals surface area contributed by atoms with Crippen molar-refractivity contribution in [1.29, 1.82) is 0 Å². The molecule has 0 aromatic carbocycles. The summed E-state index contributed by atoms with van der Waals surface area (Å²) in [5.41, 5.74) is 0.934. The molecule has 0 saturated heterocycles. The first-order valence-electron chi connectivity index (χ1n) is 8.19. The average molecular weight is 355 g/mol. The fraction of sp³-hybridized carbons (Fsp3) is 0.562. The molecule has 1 aliphatic carbocycles. The van der Waals surface area contributed by atoms with Crippen LogP contribution >= 0.6 is 0 Å². The van der Waals surface area contributed by atoms with E-state index < -0.39 is 11.9 Å². The molecule has 2 heterocycles.